The van der Waals surface area contributed by atoms with Crippen molar-refractivity contribution in [3.63, 3.8) is 0 Å². The highest BCUT2D eigenvalue weighted by Gasteiger charge is 2.04. The zero-order valence-corrected chi connectivity index (χ0v) is 6.40. The molecule has 0 amide bonds. The van der Waals surface area contributed by atoms with Gasteiger partial charge in [0.25, 0.3) is 0 Å². The Bertz CT molecular complexity index is 194. The molecule has 0 unspecified atom stereocenters. The van der Waals surface area contributed by atoms with Crippen molar-refractivity contribution in [3.05, 3.63) is 12.2 Å². The van der Waals surface area contributed by atoms with Crippen molar-refractivity contribution < 1.29 is 9.63 Å². The van der Waals surface area contributed by atoms with Gasteiger partial charge in [0.1, 0.15) is 5.16 Å². The van der Waals surface area contributed by atoms with E-state index in [0.29, 0.717) is 12.0 Å². The fraction of sp³-hybridized carbons (Fsp3) is 0.333. The maximum Gasteiger partial charge on any atom is 0.362 e. The molecule has 0 aliphatic carbocycles. The van der Waals surface area contributed by atoms with Gasteiger partial charge in [-0.2, -0.15) is 0 Å². The molecule has 0 bridgehead atoms. The van der Waals surface area contributed by atoms with Gasteiger partial charge in [0.05, 0.1) is 0 Å². The van der Waals surface area contributed by atoms with Crippen LogP contribution in [-0.4, -0.2) is 11.1 Å². The highest BCUT2D eigenvalue weighted by Crippen LogP contribution is 1.98. The Balaban J connectivity index is 3.85. The number of rotatable bonds is 3. The van der Waals surface area contributed by atoms with E-state index >= 15 is 0 Å². The molecule has 0 heterocycles. The molecule has 54 valence electrons. The van der Waals surface area contributed by atoms with E-state index < -0.39 is 5.97 Å². The molecule has 0 rings (SSSR count). The topological polar surface area (TPSA) is 38.7 Å². The number of thiocarbonyl (C=S) groups is 1. The predicted molar refractivity (Wildman–Crippen MR) is 40.5 cm³/mol. The fourth-order valence-corrected chi connectivity index (χ4v) is 0.306. The molecule has 0 fully saturated rings. The summed E-state index contributed by atoms with van der Waals surface area (Å²) in [5.41, 5.74) is 0.369. The van der Waals surface area contributed by atoms with Gasteiger partial charge in [-0.3, -0.25) is 0 Å². The molecule has 3 nitrogen and oxygen atoms in total. The summed E-state index contributed by atoms with van der Waals surface area (Å²) in [7, 11) is 0. The van der Waals surface area contributed by atoms with E-state index in [2.05, 4.69) is 28.8 Å². The Kier molecular flexibility index (Phi) is 4.37. The summed E-state index contributed by atoms with van der Waals surface area (Å²) in [5, 5.41) is 4.90. The first-order chi connectivity index (χ1) is 4.72. The molecule has 0 atom stereocenters. The first-order valence-corrected chi connectivity index (χ1v) is 3.09. The third-order valence-electron chi connectivity index (χ3n) is 0.881. The summed E-state index contributed by atoms with van der Waals surface area (Å²) >= 11 is 4.17. The molecule has 0 aromatic carbocycles. The SMILES string of the molecule is C=C(CC)C(=O)ON=C=S. The van der Waals surface area contributed by atoms with Crippen molar-refractivity contribution >= 4 is 23.3 Å². The number of carbonyl (C=O) groups is 1. The zero-order chi connectivity index (χ0) is 7.98. The van der Waals surface area contributed by atoms with Crippen LogP contribution in [0.2, 0.25) is 0 Å². The monoisotopic (exact) mass is 157 g/mol. The summed E-state index contributed by atoms with van der Waals surface area (Å²) in [6.45, 7) is 5.23. The van der Waals surface area contributed by atoms with Crippen molar-refractivity contribution in [2.75, 3.05) is 0 Å². The molecule has 4 heteroatoms. The molecule has 0 aromatic rings. The van der Waals surface area contributed by atoms with Crippen LogP contribution >= 0.6 is 12.2 Å². The largest absolute Gasteiger partial charge is 0.362 e. The minimum absolute atomic E-state index is 0.369. The molecule has 10 heavy (non-hydrogen) atoms. The molecule has 0 N–H and O–H groups in total. The summed E-state index contributed by atoms with van der Waals surface area (Å²) in [6, 6.07) is 0. The molecular weight excluding hydrogens is 150 g/mol. The lowest BCUT2D eigenvalue weighted by Gasteiger charge is -1.94. The van der Waals surface area contributed by atoms with Crippen molar-refractivity contribution in [1.29, 1.82) is 0 Å². The van der Waals surface area contributed by atoms with E-state index in [9.17, 15) is 4.79 Å². The fourth-order valence-electron chi connectivity index (χ4n) is 0.269. The lowest BCUT2D eigenvalue weighted by atomic mass is 10.2. The number of hydrogen-bond donors (Lipinski definition) is 0. The minimum Gasteiger partial charge on any atom is -0.304 e. The van der Waals surface area contributed by atoms with E-state index in [1.54, 1.807) is 6.92 Å². The van der Waals surface area contributed by atoms with Crippen LogP contribution in [0, 0.1) is 0 Å². The number of hydrogen-bond acceptors (Lipinski definition) is 4. The molecule has 0 radical (unpaired) electrons. The van der Waals surface area contributed by atoms with Crippen LogP contribution < -0.4 is 0 Å². The molecule has 0 aliphatic heterocycles. The summed E-state index contributed by atoms with van der Waals surface area (Å²) in [5.74, 6) is -0.556. The van der Waals surface area contributed by atoms with Crippen molar-refractivity contribution in [2.45, 2.75) is 13.3 Å². The minimum atomic E-state index is -0.556. The zero-order valence-electron chi connectivity index (χ0n) is 5.59. The Morgan fingerprint density at radius 3 is 2.90 bits per heavy atom. The Labute approximate surface area is 64.4 Å². The average Bonchev–Trinajstić information content (AvgIpc) is 1.98. The molecule has 0 spiro atoms. The van der Waals surface area contributed by atoms with Gasteiger partial charge in [0.2, 0.25) is 0 Å². The third-order valence-corrected chi connectivity index (χ3v) is 0.956. The average molecular weight is 157 g/mol. The highest BCUT2D eigenvalue weighted by atomic mass is 32.1. The lowest BCUT2D eigenvalue weighted by Crippen LogP contribution is -2.01. The van der Waals surface area contributed by atoms with Gasteiger partial charge in [0, 0.05) is 5.57 Å². The third kappa shape index (κ3) is 3.12. The smallest absolute Gasteiger partial charge is 0.304 e. The van der Waals surface area contributed by atoms with E-state index in [-0.39, 0.29) is 0 Å². The van der Waals surface area contributed by atoms with E-state index in [0.717, 1.165) is 0 Å². The van der Waals surface area contributed by atoms with Crippen molar-refractivity contribution in [1.82, 2.24) is 0 Å². The van der Waals surface area contributed by atoms with Gasteiger partial charge in [-0.25, -0.2) is 4.79 Å². The first-order valence-electron chi connectivity index (χ1n) is 2.68. The maximum atomic E-state index is 10.6. The number of isothiocyanates is 1. The van der Waals surface area contributed by atoms with E-state index in [4.69, 9.17) is 0 Å². The van der Waals surface area contributed by atoms with Crippen molar-refractivity contribution in [3.8, 4) is 0 Å². The van der Waals surface area contributed by atoms with Crippen LogP contribution in [-0.2, 0) is 9.63 Å². The molecule has 0 aliphatic rings. The first kappa shape index (κ1) is 9.01. The summed E-state index contributed by atoms with van der Waals surface area (Å²) in [6.07, 6.45) is 0.547. The van der Waals surface area contributed by atoms with Crippen molar-refractivity contribution in [2.24, 2.45) is 5.16 Å². The second kappa shape index (κ2) is 4.85. The number of carbonyl (C=O) groups excluding carboxylic acids is 1. The number of nitrogens with zero attached hydrogens (tertiary/aromatic N) is 1. The van der Waals surface area contributed by atoms with E-state index in [1.807, 2.05) is 5.16 Å². The van der Waals surface area contributed by atoms with Gasteiger partial charge in [-0.05, 0) is 23.8 Å². The van der Waals surface area contributed by atoms with E-state index in [1.165, 1.54) is 0 Å². The Morgan fingerprint density at radius 2 is 2.50 bits per heavy atom. The second-order valence-corrected chi connectivity index (χ2v) is 1.70. The van der Waals surface area contributed by atoms with Gasteiger partial charge < -0.3 is 4.84 Å². The van der Waals surface area contributed by atoms with Gasteiger partial charge in [0.15, 0.2) is 0 Å². The highest BCUT2D eigenvalue weighted by molar-refractivity contribution is 7.78. The van der Waals surface area contributed by atoms with Crippen LogP contribution in [0.25, 0.3) is 0 Å². The Hall–Kier alpha value is -0.990. The van der Waals surface area contributed by atoms with Crippen LogP contribution in [0.5, 0.6) is 0 Å². The normalized spacial score (nSPS) is 7.70. The molecule has 0 saturated heterocycles. The van der Waals surface area contributed by atoms with Crippen LogP contribution in [0.4, 0.5) is 0 Å². The second-order valence-electron chi connectivity index (χ2n) is 1.52. The standard InChI is InChI=1S/C6H7NO2S/c1-3-5(2)6(8)9-7-4-10/h2-3H2,1H3. The van der Waals surface area contributed by atoms with Gasteiger partial charge >= 0.3 is 5.97 Å². The maximum absolute atomic E-state index is 10.6. The summed E-state index contributed by atoms with van der Waals surface area (Å²) < 4.78 is 0. The van der Waals surface area contributed by atoms with Gasteiger partial charge in [-0.1, -0.05) is 13.5 Å². The predicted octanol–water partition coefficient (Wildman–Crippen LogP) is 1.51. The van der Waals surface area contributed by atoms with Gasteiger partial charge in [-0.15, -0.1) is 0 Å². The lowest BCUT2D eigenvalue weighted by molar-refractivity contribution is -0.139. The molecule has 0 saturated carbocycles. The quantitative estimate of drug-likeness (QED) is 0.205. The van der Waals surface area contributed by atoms with Crippen LogP contribution in [0.1, 0.15) is 13.3 Å². The molecule has 0 aromatic heterocycles. The van der Waals surface area contributed by atoms with Crippen LogP contribution in [0.15, 0.2) is 17.3 Å². The Morgan fingerprint density at radius 1 is 1.90 bits per heavy atom. The summed E-state index contributed by atoms with van der Waals surface area (Å²) in [4.78, 5) is 14.8. The van der Waals surface area contributed by atoms with Crippen LogP contribution in [0.3, 0.4) is 0 Å². The molecular formula is C6H7NO2S.